The van der Waals surface area contributed by atoms with E-state index < -0.39 is 28.5 Å². The first kappa shape index (κ1) is 30.8. The Balaban J connectivity index is 2.12. The molecule has 0 radical (unpaired) electrons. The number of likely N-dealkylation sites (N-methyl/N-ethyl adjacent to an activating group) is 1. The number of nitrogens with zero attached hydrogens (tertiary/aromatic N) is 2. The summed E-state index contributed by atoms with van der Waals surface area (Å²) in [6.07, 6.45) is 0.289. The van der Waals surface area contributed by atoms with Crippen molar-refractivity contribution in [3.8, 4) is 0 Å². The van der Waals surface area contributed by atoms with Gasteiger partial charge in [-0.1, -0.05) is 71.6 Å². The Morgan fingerprint density at radius 2 is 1.62 bits per heavy atom. The van der Waals surface area contributed by atoms with Crippen molar-refractivity contribution in [1.82, 2.24) is 10.2 Å². The van der Waals surface area contributed by atoms with E-state index in [1.54, 1.807) is 62.4 Å². The predicted molar refractivity (Wildman–Crippen MR) is 157 cm³/mol. The molecule has 0 unspecified atom stereocenters. The van der Waals surface area contributed by atoms with E-state index in [9.17, 15) is 18.0 Å². The molecular formula is C28H30Cl3N3O4S. The number of carbonyl (C=O) groups is 2. The van der Waals surface area contributed by atoms with Crippen LogP contribution in [-0.4, -0.2) is 44.8 Å². The lowest BCUT2D eigenvalue weighted by atomic mass is 10.1. The van der Waals surface area contributed by atoms with Crippen molar-refractivity contribution in [2.24, 2.45) is 0 Å². The van der Waals surface area contributed by atoms with Crippen molar-refractivity contribution < 1.29 is 18.0 Å². The number of anilines is 1. The molecule has 1 N–H and O–H groups in total. The lowest BCUT2D eigenvalue weighted by Gasteiger charge is -2.33. The quantitative estimate of drug-likeness (QED) is 0.305. The Kier molecular flexibility index (Phi) is 10.3. The third kappa shape index (κ3) is 7.06. The summed E-state index contributed by atoms with van der Waals surface area (Å²) in [5.41, 5.74) is 2.20. The van der Waals surface area contributed by atoms with Gasteiger partial charge in [-0.15, -0.1) is 0 Å². The second kappa shape index (κ2) is 13.0. The van der Waals surface area contributed by atoms with E-state index in [0.29, 0.717) is 26.2 Å². The van der Waals surface area contributed by atoms with Crippen molar-refractivity contribution in [1.29, 1.82) is 0 Å². The van der Waals surface area contributed by atoms with Crippen LogP contribution in [0.1, 0.15) is 30.0 Å². The van der Waals surface area contributed by atoms with Gasteiger partial charge in [-0.3, -0.25) is 13.9 Å². The van der Waals surface area contributed by atoms with Gasteiger partial charge >= 0.3 is 0 Å². The van der Waals surface area contributed by atoms with E-state index in [1.165, 1.54) is 24.1 Å². The molecule has 1 atom stereocenters. The summed E-state index contributed by atoms with van der Waals surface area (Å²) in [6.45, 7) is 4.70. The zero-order chi connectivity index (χ0) is 28.9. The zero-order valence-electron chi connectivity index (χ0n) is 22.0. The molecule has 0 aliphatic rings. The summed E-state index contributed by atoms with van der Waals surface area (Å²) in [6, 6.07) is 15.2. The van der Waals surface area contributed by atoms with Crippen molar-refractivity contribution in [3.05, 3.63) is 92.4 Å². The first-order valence-corrected chi connectivity index (χ1v) is 14.8. The van der Waals surface area contributed by atoms with Crippen LogP contribution in [0.3, 0.4) is 0 Å². The summed E-state index contributed by atoms with van der Waals surface area (Å²) in [5, 5.41) is 3.68. The lowest BCUT2D eigenvalue weighted by molar-refractivity contribution is -0.140. The zero-order valence-corrected chi connectivity index (χ0v) is 25.1. The minimum atomic E-state index is -4.20. The average Bonchev–Trinajstić information content (AvgIpc) is 2.90. The highest BCUT2D eigenvalue weighted by Gasteiger charge is 2.34. The van der Waals surface area contributed by atoms with Gasteiger partial charge in [0.2, 0.25) is 11.8 Å². The van der Waals surface area contributed by atoms with Crippen LogP contribution in [0.25, 0.3) is 0 Å². The van der Waals surface area contributed by atoms with Gasteiger partial charge in [-0.25, -0.2) is 8.42 Å². The molecule has 0 aromatic heterocycles. The van der Waals surface area contributed by atoms with Crippen LogP contribution in [0.5, 0.6) is 0 Å². The molecular weight excluding hydrogens is 581 g/mol. The average molecular weight is 611 g/mol. The number of rotatable bonds is 10. The van der Waals surface area contributed by atoms with Crippen LogP contribution >= 0.6 is 34.8 Å². The van der Waals surface area contributed by atoms with Crippen molar-refractivity contribution >= 4 is 62.3 Å². The first-order valence-electron chi connectivity index (χ1n) is 12.2. The summed E-state index contributed by atoms with van der Waals surface area (Å²) < 4.78 is 28.9. The number of sulfonamides is 1. The molecule has 3 aromatic carbocycles. The van der Waals surface area contributed by atoms with Crippen LogP contribution in [0.2, 0.25) is 15.1 Å². The summed E-state index contributed by atoms with van der Waals surface area (Å²) >= 11 is 18.8. The molecule has 3 rings (SSSR count). The number of benzene rings is 3. The molecule has 0 aliphatic carbocycles. The highest BCUT2D eigenvalue weighted by atomic mass is 35.5. The molecule has 0 saturated carbocycles. The Hall–Kier alpha value is -2.78. The van der Waals surface area contributed by atoms with Gasteiger partial charge in [0.25, 0.3) is 10.0 Å². The van der Waals surface area contributed by atoms with Crippen LogP contribution in [0.4, 0.5) is 5.69 Å². The molecule has 11 heteroatoms. The molecule has 0 saturated heterocycles. The Morgan fingerprint density at radius 1 is 0.949 bits per heavy atom. The number of halogens is 3. The molecule has 208 valence electrons. The Bertz CT molecular complexity index is 1460. The van der Waals surface area contributed by atoms with E-state index in [0.717, 1.165) is 9.87 Å². The fraction of sp³-hybridized carbons (Fsp3) is 0.286. The van der Waals surface area contributed by atoms with Gasteiger partial charge in [0, 0.05) is 28.7 Å². The Morgan fingerprint density at radius 3 is 2.21 bits per heavy atom. The monoisotopic (exact) mass is 609 g/mol. The number of hydrogen-bond acceptors (Lipinski definition) is 4. The maximum absolute atomic E-state index is 14.0. The second-order valence-corrected chi connectivity index (χ2v) is 12.1. The summed E-state index contributed by atoms with van der Waals surface area (Å²) in [4.78, 5) is 28.2. The third-order valence-corrected chi connectivity index (χ3v) is 9.15. The lowest BCUT2D eigenvalue weighted by Crippen LogP contribution is -2.51. The molecule has 2 amide bonds. The van der Waals surface area contributed by atoms with Crippen LogP contribution in [0.15, 0.2) is 65.6 Å². The van der Waals surface area contributed by atoms with Crippen LogP contribution in [0, 0.1) is 13.8 Å². The third-order valence-electron chi connectivity index (χ3n) is 6.38. The van der Waals surface area contributed by atoms with Gasteiger partial charge < -0.3 is 10.2 Å². The molecule has 0 spiro atoms. The summed E-state index contributed by atoms with van der Waals surface area (Å²) in [5.74, 6) is -0.977. The second-order valence-electron chi connectivity index (χ2n) is 9.00. The van der Waals surface area contributed by atoms with E-state index in [2.05, 4.69) is 5.32 Å². The van der Waals surface area contributed by atoms with E-state index in [-0.39, 0.29) is 29.5 Å². The molecule has 39 heavy (non-hydrogen) atoms. The largest absolute Gasteiger partial charge is 0.357 e. The maximum Gasteiger partial charge on any atom is 0.264 e. The molecule has 7 nitrogen and oxygen atoms in total. The highest BCUT2D eigenvalue weighted by Crippen LogP contribution is 2.32. The topological polar surface area (TPSA) is 86.8 Å². The molecule has 0 fully saturated rings. The first-order chi connectivity index (χ1) is 18.4. The minimum Gasteiger partial charge on any atom is -0.357 e. The van der Waals surface area contributed by atoms with Gasteiger partial charge in [0.15, 0.2) is 0 Å². The van der Waals surface area contributed by atoms with Gasteiger partial charge in [0.1, 0.15) is 12.6 Å². The van der Waals surface area contributed by atoms with Crippen LogP contribution in [-0.2, 0) is 26.2 Å². The van der Waals surface area contributed by atoms with E-state index in [4.69, 9.17) is 34.8 Å². The van der Waals surface area contributed by atoms with Crippen molar-refractivity contribution in [2.45, 2.75) is 44.7 Å². The number of hydrogen-bond donors (Lipinski definition) is 1. The fourth-order valence-corrected chi connectivity index (χ4v) is 6.25. The molecule has 3 aromatic rings. The molecule has 0 aliphatic heterocycles. The molecule has 0 heterocycles. The van der Waals surface area contributed by atoms with Crippen molar-refractivity contribution in [3.63, 3.8) is 0 Å². The smallest absolute Gasteiger partial charge is 0.264 e. The predicted octanol–water partition coefficient (Wildman–Crippen LogP) is 6.01. The number of carbonyl (C=O) groups excluding carboxylic acids is 2. The van der Waals surface area contributed by atoms with Gasteiger partial charge in [-0.05, 0) is 67.8 Å². The maximum atomic E-state index is 14.0. The number of amides is 2. The van der Waals surface area contributed by atoms with E-state index >= 15 is 0 Å². The van der Waals surface area contributed by atoms with Crippen LogP contribution < -0.4 is 9.62 Å². The normalized spacial score (nSPS) is 12.1. The van der Waals surface area contributed by atoms with Gasteiger partial charge in [-0.2, -0.15) is 0 Å². The minimum absolute atomic E-state index is 0.0194. The Labute approximate surface area is 244 Å². The van der Waals surface area contributed by atoms with Gasteiger partial charge in [0.05, 0.1) is 10.6 Å². The van der Waals surface area contributed by atoms with Crippen molar-refractivity contribution in [2.75, 3.05) is 17.9 Å². The number of nitrogens with one attached hydrogen (secondary N) is 1. The standard InChI is InChI=1S/C28H30Cl3N3O4S/c1-5-25(28(36)32-4)33(16-20-11-12-21(29)15-24(20)31)27(35)17-34(26-8-6-7-23(30)19(26)3)39(37,38)22-13-9-18(2)10-14-22/h6-15,25H,5,16-17H2,1-4H3,(H,32,36)/t25-/m1/s1. The number of aryl methyl sites for hydroxylation is 1. The highest BCUT2D eigenvalue weighted by molar-refractivity contribution is 7.92. The summed E-state index contributed by atoms with van der Waals surface area (Å²) in [7, 11) is -2.72. The molecule has 0 bridgehead atoms. The fourth-order valence-electron chi connectivity index (χ4n) is 4.14. The van der Waals surface area contributed by atoms with E-state index in [1.807, 2.05) is 6.92 Å². The SMILES string of the molecule is CC[C@H](C(=O)NC)N(Cc1ccc(Cl)cc1Cl)C(=O)CN(c1cccc(Cl)c1C)S(=O)(=O)c1ccc(C)cc1.